The largest absolute Gasteiger partial charge is 0.481 e. The number of allylic oxidation sites excluding steroid dienone is 1. The van der Waals surface area contributed by atoms with Crippen molar-refractivity contribution in [1.29, 1.82) is 0 Å². The van der Waals surface area contributed by atoms with Crippen LogP contribution < -0.4 is 5.32 Å². The Balaban J connectivity index is 1.63. The summed E-state index contributed by atoms with van der Waals surface area (Å²) < 4.78 is 42.0. The predicted octanol–water partition coefficient (Wildman–Crippen LogP) is 4.54. The van der Waals surface area contributed by atoms with Crippen LogP contribution in [0.25, 0.3) is 28.9 Å². The molecule has 2 N–H and O–H groups in total. The Bertz CT molecular complexity index is 1010. The van der Waals surface area contributed by atoms with E-state index in [1.807, 2.05) is 24.3 Å². The first-order valence-corrected chi connectivity index (χ1v) is 9.02. The van der Waals surface area contributed by atoms with Gasteiger partial charge in [0, 0.05) is 30.3 Å². The number of benzene rings is 2. The van der Waals surface area contributed by atoms with Gasteiger partial charge in [0.25, 0.3) is 5.89 Å². The van der Waals surface area contributed by atoms with Crippen molar-refractivity contribution in [3.05, 3.63) is 65.7 Å². The molecule has 6 nitrogen and oxygen atoms in total. The zero-order valence-electron chi connectivity index (χ0n) is 15.7. The van der Waals surface area contributed by atoms with Gasteiger partial charge in [-0.15, -0.1) is 0 Å². The molecule has 0 spiro atoms. The SMILES string of the molecule is O=C(O)CCNCc1ccc(-c2noc(-c3ccc(C=CC(F)(F)F)cc3)n2)cc1. The van der Waals surface area contributed by atoms with Crippen molar-refractivity contribution in [2.45, 2.75) is 19.1 Å². The molecule has 156 valence electrons. The Morgan fingerprint density at radius 2 is 1.73 bits per heavy atom. The third kappa shape index (κ3) is 6.28. The van der Waals surface area contributed by atoms with Crippen LogP contribution in [0.2, 0.25) is 0 Å². The summed E-state index contributed by atoms with van der Waals surface area (Å²) in [6, 6.07) is 13.7. The van der Waals surface area contributed by atoms with Gasteiger partial charge in [-0.25, -0.2) is 0 Å². The minimum absolute atomic E-state index is 0.0588. The molecule has 0 saturated carbocycles. The lowest BCUT2D eigenvalue weighted by atomic mass is 10.1. The van der Waals surface area contributed by atoms with Crippen LogP contribution in [-0.4, -0.2) is 33.9 Å². The van der Waals surface area contributed by atoms with E-state index in [0.717, 1.165) is 17.2 Å². The second kappa shape index (κ2) is 9.36. The van der Waals surface area contributed by atoms with Gasteiger partial charge in [-0.2, -0.15) is 18.2 Å². The van der Waals surface area contributed by atoms with Crippen molar-refractivity contribution >= 4 is 12.0 Å². The molecule has 3 aromatic rings. The van der Waals surface area contributed by atoms with Crippen LogP contribution >= 0.6 is 0 Å². The fraction of sp³-hybridized carbons (Fsp3) is 0.190. The quantitative estimate of drug-likeness (QED) is 0.523. The molecule has 3 rings (SSSR count). The van der Waals surface area contributed by atoms with E-state index >= 15 is 0 Å². The van der Waals surface area contributed by atoms with Gasteiger partial charge in [0.2, 0.25) is 5.82 Å². The molecule has 0 bridgehead atoms. The average Bonchev–Trinajstić information content (AvgIpc) is 3.20. The van der Waals surface area contributed by atoms with E-state index in [0.29, 0.717) is 30.0 Å². The average molecular weight is 417 g/mol. The zero-order chi connectivity index (χ0) is 21.6. The van der Waals surface area contributed by atoms with Crippen molar-refractivity contribution in [3.63, 3.8) is 0 Å². The summed E-state index contributed by atoms with van der Waals surface area (Å²) in [7, 11) is 0. The summed E-state index contributed by atoms with van der Waals surface area (Å²) in [6.07, 6.45) is -3.13. The molecule has 0 radical (unpaired) electrons. The van der Waals surface area contributed by atoms with E-state index < -0.39 is 12.1 Å². The fourth-order valence-corrected chi connectivity index (χ4v) is 2.59. The molecule has 0 fully saturated rings. The van der Waals surface area contributed by atoms with E-state index in [9.17, 15) is 18.0 Å². The fourth-order valence-electron chi connectivity index (χ4n) is 2.59. The third-order valence-corrected chi connectivity index (χ3v) is 4.11. The predicted molar refractivity (Wildman–Crippen MR) is 104 cm³/mol. The maximum Gasteiger partial charge on any atom is 0.409 e. The number of alkyl halides is 3. The summed E-state index contributed by atoms with van der Waals surface area (Å²) in [4.78, 5) is 14.8. The van der Waals surface area contributed by atoms with Gasteiger partial charge in [-0.1, -0.05) is 47.6 Å². The van der Waals surface area contributed by atoms with Gasteiger partial charge in [-0.05, 0) is 23.3 Å². The molecule has 1 heterocycles. The lowest BCUT2D eigenvalue weighted by Gasteiger charge is -2.03. The number of nitrogens with one attached hydrogen (secondary N) is 1. The summed E-state index contributed by atoms with van der Waals surface area (Å²) in [5, 5.41) is 15.6. The van der Waals surface area contributed by atoms with Gasteiger partial charge < -0.3 is 14.9 Å². The molecule has 0 aliphatic carbocycles. The van der Waals surface area contributed by atoms with Gasteiger partial charge in [-0.3, -0.25) is 4.79 Å². The number of aromatic nitrogens is 2. The molecule has 0 atom stereocenters. The highest BCUT2D eigenvalue weighted by molar-refractivity contribution is 5.66. The standard InChI is InChI=1S/C21H18F3N3O3/c22-21(23,24)11-9-14-1-7-17(8-2-14)20-26-19(27-30-20)16-5-3-15(4-6-16)13-25-12-10-18(28)29/h1-9,11,25H,10,12-13H2,(H,28,29). The highest BCUT2D eigenvalue weighted by Crippen LogP contribution is 2.24. The molecule has 0 aliphatic heterocycles. The number of carboxylic acids is 1. The summed E-state index contributed by atoms with van der Waals surface area (Å²) >= 11 is 0. The molecule has 0 amide bonds. The number of hydrogen-bond acceptors (Lipinski definition) is 5. The molecular weight excluding hydrogens is 399 g/mol. The topological polar surface area (TPSA) is 88.2 Å². The van der Waals surface area contributed by atoms with E-state index in [1.54, 1.807) is 12.1 Å². The van der Waals surface area contributed by atoms with Gasteiger partial charge >= 0.3 is 12.1 Å². The molecule has 0 saturated heterocycles. The van der Waals surface area contributed by atoms with E-state index in [-0.39, 0.29) is 18.4 Å². The van der Waals surface area contributed by atoms with Crippen molar-refractivity contribution in [2.75, 3.05) is 6.54 Å². The summed E-state index contributed by atoms with van der Waals surface area (Å²) in [5.41, 5.74) is 2.72. The highest BCUT2D eigenvalue weighted by Gasteiger charge is 2.21. The highest BCUT2D eigenvalue weighted by atomic mass is 19.4. The first kappa shape index (κ1) is 21.3. The van der Waals surface area contributed by atoms with Crippen molar-refractivity contribution in [1.82, 2.24) is 15.5 Å². The number of carbonyl (C=O) groups is 1. The van der Waals surface area contributed by atoms with Crippen LogP contribution in [0.1, 0.15) is 17.5 Å². The third-order valence-electron chi connectivity index (χ3n) is 4.11. The van der Waals surface area contributed by atoms with Crippen LogP contribution in [0.5, 0.6) is 0 Å². The Kier molecular flexibility index (Phi) is 6.63. The van der Waals surface area contributed by atoms with E-state index in [4.69, 9.17) is 9.63 Å². The van der Waals surface area contributed by atoms with Crippen molar-refractivity contribution in [2.24, 2.45) is 0 Å². The molecule has 0 aliphatic rings. The van der Waals surface area contributed by atoms with E-state index in [2.05, 4.69) is 15.5 Å². The maximum atomic E-state index is 12.2. The Hall–Kier alpha value is -3.46. The molecule has 30 heavy (non-hydrogen) atoms. The summed E-state index contributed by atoms with van der Waals surface area (Å²) in [5.74, 6) is -0.203. The smallest absolute Gasteiger partial charge is 0.409 e. The lowest BCUT2D eigenvalue weighted by molar-refractivity contribution is -0.136. The number of halogens is 3. The lowest BCUT2D eigenvalue weighted by Crippen LogP contribution is -2.17. The molecule has 0 unspecified atom stereocenters. The van der Waals surface area contributed by atoms with Crippen molar-refractivity contribution < 1.29 is 27.6 Å². The number of aliphatic carboxylic acids is 1. The van der Waals surface area contributed by atoms with Crippen LogP contribution in [0.15, 0.2) is 59.1 Å². The molecule has 9 heteroatoms. The molecule has 2 aromatic carbocycles. The minimum atomic E-state index is -4.36. The van der Waals surface area contributed by atoms with Crippen LogP contribution in [-0.2, 0) is 11.3 Å². The first-order chi connectivity index (χ1) is 14.3. The van der Waals surface area contributed by atoms with Crippen molar-refractivity contribution in [3.8, 4) is 22.8 Å². The molecular formula is C21H18F3N3O3. The molecule has 1 aromatic heterocycles. The van der Waals surface area contributed by atoms with Crippen LogP contribution in [0, 0.1) is 0 Å². The zero-order valence-corrected chi connectivity index (χ0v) is 15.7. The van der Waals surface area contributed by atoms with Gasteiger partial charge in [0.05, 0.1) is 6.42 Å². The normalized spacial score (nSPS) is 11.8. The Labute approximate surface area is 170 Å². The van der Waals surface area contributed by atoms with Crippen LogP contribution in [0.3, 0.4) is 0 Å². The number of hydrogen-bond donors (Lipinski definition) is 2. The Morgan fingerprint density at radius 1 is 1.07 bits per heavy atom. The Morgan fingerprint density at radius 3 is 2.37 bits per heavy atom. The van der Waals surface area contributed by atoms with Gasteiger partial charge in [0.1, 0.15) is 0 Å². The van der Waals surface area contributed by atoms with E-state index in [1.165, 1.54) is 12.1 Å². The number of nitrogens with zero attached hydrogens (tertiary/aromatic N) is 2. The van der Waals surface area contributed by atoms with Crippen LogP contribution in [0.4, 0.5) is 13.2 Å². The minimum Gasteiger partial charge on any atom is -0.481 e. The number of carboxylic acid groups (broad SMARTS) is 1. The second-order valence-corrected chi connectivity index (χ2v) is 6.44. The first-order valence-electron chi connectivity index (χ1n) is 9.02. The summed E-state index contributed by atoms with van der Waals surface area (Å²) in [6.45, 7) is 0.927. The van der Waals surface area contributed by atoms with Gasteiger partial charge in [0.15, 0.2) is 0 Å². The maximum absolute atomic E-state index is 12.2. The second-order valence-electron chi connectivity index (χ2n) is 6.44. The number of rotatable bonds is 8. The monoisotopic (exact) mass is 417 g/mol.